The number of aryl methyl sites for hydroxylation is 1. The molecule has 0 amide bonds. The third-order valence-electron chi connectivity index (χ3n) is 5.03. The fourth-order valence-corrected chi connectivity index (χ4v) is 4.05. The van der Waals surface area contributed by atoms with Gasteiger partial charge in [0, 0.05) is 30.9 Å². The number of hydrogen-bond acceptors (Lipinski definition) is 6. The Morgan fingerprint density at radius 1 is 1.28 bits per heavy atom. The summed E-state index contributed by atoms with van der Waals surface area (Å²) in [6.07, 6.45) is 6.32. The van der Waals surface area contributed by atoms with Gasteiger partial charge in [-0.2, -0.15) is 5.10 Å². The molecule has 3 aromatic rings. The van der Waals surface area contributed by atoms with E-state index in [-0.39, 0.29) is 0 Å². The van der Waals surface area contributed by atoms with E-state index in [1.165, 1.54) is 0 Å². The third-order valence-corrected chi connectivity index (χ3v) is 6.88. The molecule has 0 atom stereocenters. The summed E-state index contributed by atoms with van der Waals surface area (Å²) < 4.78 is 28.1. The fourth-order valence-electron chi connectivity index (χ4n) is 3.29. The van der Waals surface area contributed by atoms with Gasteiger partial charge in [-0.15, -0.1) is 0 Å². The van der Waals surface area contributed by atoms with Gasteiger partial charge in [-0.05, 0) is 49.6 Å². The molecule has 3 N–H and O–H groups in total. The van der Waals surface area contributed by atoms with Crippen LogP contribution in [-0.2, 0) is 16.6 Å². The zero-order chi connectivity index (χ0) is 20.6. The standard InChI is InChI=1S/C20H24N6O2S/c1-13(2)29(27,28)23-7-3-9-26-12-17-19(25-26)16-5-4-14(15-6-8-22-11-15)10-18(16)24-20(17)21/h4-6,8,10,12-13,23H,3,7,9,11H2,1-2H3,(H2,21,24). The van der Waals surface area contributed by atoms with Gasteiger partial charge in [0.05, 0.1) is 22.7 Å². The van der Waals surface area contributed by atoms with Gasteiger partial charge in [0.15, 0.2) is 0 Å². The zero-order valence-corrected chi connectivity index (χ0v) is 17.3. The van der Waals surface area contributed by atoms with E-state index in [0.29, 0.717) is 31.9 Å². The lowest BCUT2D eigenvalue weighted by atomic mass is 10.0. The second-order valence-corrected chi connectivity index (χ2v) is 9.73. The predicted molar refractivity (Wildman–Crippen MR) is 117 cm³/mol. The average Bonchev–Trinajstić information content (AvgIpc) is 3.35. The number of aromatic nitrogens is 3. The van der Waals surface area contributed by atoms with Crippen molar-refractivity contribution in [3.05, 3.63) is 36.0 Å². The third kappa shape index (κ3) is 3.88. The topological polar surface area (TPSA) is 115 Å². The number of allylic oxidation sites excluding steroid dienone is 1. The van der Waals surface area contributed by atoms with E-state index in [4.69, 9.17) is 5.73 Å². The van der Waals surface area contributed by atoms with Gasteiger partial charge >= 0.3 is 0 Å². The molecule has 0 saturated carbocycles. The Labute approximate surface area is 169 Å². The summed E-state index contributed by atoms with van der Waals surface area (Å²) in [7, 11) is -3.25. The minimum Gasteiger partial charge on any atom is -0.383 e. The minimum atomic E-state index is -3.25. The number of aliphatic imine (C=N–C) groups is 1. The highest BCUT2D eigenvalue weighted by atomic mass is 32.2. The Kier molecular flexibility index (Phi) is 5.10. The van der Waals surface area contributed by atoms with Crippen LogP contribution in [0.2, 0.25) is 0 Å². The maximum absolute atomic E-state index is 11.8. The van der Waals surface area contributed by atoms with Crippen LogP contribution < -0.4 is 10.5 Å². The molecule has 8 nitrogen and oxygen atoms in total. The molecule has 0 fully saturated rings. The van der Waals surface area contributed by atoms with E-state index in [2.05, 4.69) is 25.9 Å². The lowest BCUT2D eigenvalue weighted by Gasteiger charge is -2.09. The molecule has 152 valence electrons. The highest BCUT2D eigenvalue weighted by Gasteiger charge is 2.15. The predicted octanol–water partition coefficient (Wildman–Crippen LogP) is 2.35. The Morgan fingerprint density at radius 2 is 2.10 bits per heavy atom. The molecule has 0 aliphatic carbocycles. The van der Waals surface area contributed by atoms with E-state index in [1.807, 2.05) is 30.6 Å². The van der Waals surface area contributed by atoms with Crippen LogP contribution in [0.1, 0.15) is 25.8 Å². The summed E-state index contributed by atoms with van der Waals surface area (Å²) in [5, 5.41) is 5.98. The number of benzene rings is 1. The van der Waals surface area contributed by atoms with Crippen molar-refractivity contribution in [3.63, 3.8) is 0 Å². The second-order valence-electron chi connectivity index (χ2n) is 7.41. The van der Waals surface area contributed by atoms with Gasteiger partial charge in [0.25, 0.3) is 0 Å². The summed E-state index contributed by atoms with van der Waals surface area (Å²) in [5.41, 5.74) is 10.0. The first-order valence-corrected chi connectivity index (χ1v) is 11.1. The van der Waals surface area contributed by atoms with Crippen LogP contribution >= 0.6 is 0 Å². The molecule has 4 rings (SSSR count). The molecule has 0 spiro atoms. The van der Waals surface area contributed by atoms with Crippen LogP contribution in [0.3, 0.4) is 0 Å². The molecule has 9 heteroatoms. The smallest absolute Gasteiger partial charge is 0.213 e. The number of fused-ring (bicyclic) bond motifs is 3. The molecule has 1 aliphatic heterocycles. The van der Waals surface area contributed by atoms with Gasteiger partial charge in [-0.1, -0.05) is 6.07 Å². The van der Waals surface area contributed by atoms with Gasteiger partial charge in [0.2, 0.25) is 10.0 Å². The van der Waals surface area contributed by atoms with Crippen molar-refractivity contribution in [1.29, 1.82) is 0 Å². The molecule has 0 bridgehead atoms. The molecule has 3 heterocycles. The second kappa shape index (κ2) is 7.57. The Morgan fingerprint density at radius 3 is 2.83 bits per heavy atom. The number of hydrogen-bond donors (Lipinski definition) is 2. The molecule has 0 unspecified atom stereocenters. The molecular formula is C20H24N6O2S. The molecule has 0 saturated heterocycles. The number of nitrogens with one attached hydrogen (secondary N) is 1. The molecule has 0 radical (unpaired) electrons. The molecule has 2 aromatic heterocycles. The SMILES string of the molecule is CC(C)S(=O)(=O)NCCCn1cc2c(N)nc3cc(C4=CC=NC4)ccc3c2n1. The van der Waals surface area contributed by atoms with E-state index in [0.717, 1.165) is 32.9 Å². The van der Waals surface area contributed by atoms with Gasteiger partial charge in [-0.25, -0.2) is 18.1 Å². The van der Waals surface area contributed by atoms with Gasteiger partial charge in [0.1, 0.15) is 11.3 Å². The van der Waals surface area contributed by atoms with E-state index < -0.39 is 15.3 Å². The van der Waals surface area contributed by atoms with Crippen molar-refractivity contribution < 1.29 is 8.42 Å². The number of nitrogens with two attached hydrogens (primary N) is 1. The van der Waals surface area contributed by atoms with Crippen molar-refractivity contribution in [3.8, 4) is 0 Å². The number of sulfonamides is 1. The Bertz CT molecular complexity index is 1240. The highest BCUT2D eigenvalue weighted by molar-refractivity contribution is 7.90. The highest BCUT2D eigenvalue weighted by Crippen LogP contribution is 2.29. The van der Waals surface area contributed by atoms with Crippen LogP contribution in [0.25, 0.3) is 27.4 Å². The minimum absolute atomic E-state index is 0.367. The number of nitrogens with zero attached hydrogens (tertiary/aromatic N) is 4. The average molecular weight is 413 g/mol. The molecular weight excluding hydrogens is 388 g/mol. The Hall–Kier alpha value is -2.78. The van der Waals surface area contributed by atoms with Crippen molar-refractivity contribution in [2.24, 2.45) is 4.99 Å². The van der Waals surface area contributed by atoms with Crippen LogP contribution in [-0.4, -0.2) is 47.7 Å². The van der Waals surface area contributed by atoms with Crippen LogP contribution in [0.4, 0.5) is 5.82 Å². The lowest BCUT2D eigenvalue weighted by molar-refractivity contribution is 0.550. The fraction of sp³-hybridized carbons (Fsp3) is 0.350. The van der Waals surface area contributed by atoms with Crippen LogP contribution in [0.5, 0.6) is 0 Å². The van der Waals surface area contributed by atoms with Crippen LogP contribution in [0, 0.1) is 0 Å². The number of pyridine rings is 1. The first-order chi connectivity index (χ1) is 13.8. The summed E-state index contributed by atoms with van der Waals surface area (Å²) >= 11 is 0. The van der Waals surface area contributed by atoms with Gasteiger partial charge < -0.3 is 5.73 Å². The summed E-state index contributed by atoms with van der Waals surface area (Å²) in [6, 6.07) is 6.10. The first-order valence-electron chi connectivity index (χ1n) is 9.59. The van der Waals surface area contributed by atoms with Crippen molar-refractivity contribution in [2.75, 3.05) is 18.8 Å². The van der Waals surface area contributed by atoms with E-state index in [1.54, 1.807) is 18.5 Å². The normalized spacial score (nSPS) is 14.4. The maximum atomic E-state index is 11.8. The Balaban J connectivity index is 1.56. The summed E-state index contributed by atoms with van der Waals surface area (Å²) in [6.45, 7) is 4.94. The van der Waals surface area contributed by atoms with Gasteiger partial charge in [-0.3, -0.25) is 9.67 Å². The number of rotatable bonds is 7. The van der Waals surface area contributed by atoms with Crippen molar-refractivity contribution in [2.45, 2.75) is 32.1 Å². The van der Waals surface area contributed by atoms with E-state index in [9.17, 15) is 8.42 Å². The zero-order valence-electron chi connectivity index (χ0n) is 16.5. The van der Waals surface area contributed by atoms with Crippen LogP contribution in [0.15, 0.2) is 35.5 Å². The molecule has 1 aromatic carbocycles. The number of nitrogen functional groups attached to an aromatic ring is 1. The van der Waals surface area contributed by atoms with Crippen molar-refractivity contribution >= 4 is 49.4 Å². The molecule has 29 heavy (non-hydrogen) atoms. The molecule has 1 aliphatic rings. The maximum Gasteiger partial charge on any atom is 0.213 e. The van der Waals surface area contributed by atoms with Crippen molar-refractivity contribution in [1.82, 2.24) is 19.5 Å². The summed E-state index contributed by atoms with van der Waals surface area (Å²) in [5.74, 6) is 0.438. The first kappa shape index (κ1) is 19.5. The monoisotopic (exact) mass is 412 g/mol. The van der Waals surface area contributed by atoms with E-state index >= 15 is 0 Å². The quantitative estimate of drug-likeness (QED) is 0.578. The lowest BCUT2D eigenvalue weighted by Crippen LogP contribution is -2.31. The largest absolute Gasteiger partial charge is 0.383 e. The number of anilines is 1. The summed E-state index contributed by atoms with van der Waals surface area (Å²) in [4.78, 5) is 8.79.